The van der Waals surface area contributed by atoms with Gasteiger partial charge >= 0.3 is 0 Å². The second-order valence-corrected chi connectivity index (χ2v) is 5.18. The molecule has 1 aromatic carbocycles. The van der Waals surface area contributed by atoms with Gasteiger partial charge in [0.2, 0.25) is 5.91 Å². The number of hydrogen-bond acceptors (Lipinski definition) is 3. The molecule has 1 aliphatic heterocycles. The highest BCUT2D eigenvalue weighted by Gasteiger charge is 2.27. The molecule has 0 bridgehead atoms. The van der Waals surface area contributed by atoms with E-state index in [9.17, 15) is 4.79 Å². The van der Waals surface area contributed by atoms with E-state index in [1.54, 1.807) is 7.11 Å². The lowest BCUT2D eigenvalue weighted by Crippen LogP contribution is -2.44. The predicted octanol–water partition coefficient (Wildman–Crippen LogP) is 2.01. The summed E-state index contributed by atoms with van der Waals surface area (Å²) in [5.41, 5.74) is 7.45. The lowest BCUT2D eigenvalue weighted by molar-refractivity contribution is -0.136. The Morgan fingerprint density at radius 3 is 3.00 bits per heavy atom. The zero-order chi connectivity index (χ0) is 13.8. The van der Waals surface area contributed by atoms with Crippen LogP contribution in [0.2, 0.25) is 0 Å². The summed E-state index contributed by atoms with van der Waals surface area (Å²) in [5.74, 6) is 0.00598. The summed E-state index contributed by atoms with van der Waals surface area (Å²) in [6.45, 7) is 3.46. The minimum absolute atomic E-state index is 0.154. The van der Waals surface area contributed by atoms with Gasteiger partial charge in [-0.1, -0.05) is 12.1 Å². The molecule has 19 heavy (non-hydrogen) atoms. The number of carbonyl (C=O) groups is 1. The monoisotopic (exact) mass is 262 g/mol. The van der Waals surface area contributed by atoms with E-state index in [-0.39, 0.29) is 17.9 Å². The second-order valence-electron chi connectivity index (χ2n) is 5.18. The lowest BCUT2D eigenvalue weighted by Gasteiger charge is -2.33. The molecule has 104 valence electrons. The number of rotatable bonds is 3. The highest BCUT2D eigenvalue weighted by Crippen LogP contribution is 2.22. The number of anilines is 1. The molecule has 4 heteroatoms. The number of methoxy groups -OCH3 is 1. The summed E-state index contributed by atoms with van der Waals surface area (Å²) in [7, 11) is 1.71. The average Bonchev–Trinajstić information content (AvgIpc) is 2.45. The number of ether oxygens (including phenoxy) is 1. The average molecular weight is 262 g/mol. The van der Waals surface area contributed by atoms with E-state index in [1.165, 1.54) is 0 Å². The molecular formula is C15H22N2O2. The van der Waals surface area contributed by atoms with Crippen molar-refractivity contribution in [1.29, 1.82) is 0 Å². The molecule has 2 rings (SSSR count). The number of hydrogen-bond donors (Lipinski definition) is 1. The Kier molecular flexibility index (Phi) is 4.43. The molecule has 0 spiro atoms. The maximum Gasteiger partial charge on any atom is 0.229 e. The number of nitrogens with zero attached hydrogens (tertiary/aromatic N) is 1. The highest BCUT2D eigenvalue weighted by molar-refractivity contribution is 5.83. The maximum atomic E-state index is 12.5. The highest BCUT2D eigenvalue weighted by atomic mass is 16.5. The largest absolute Gasteiger partial charge is 0.399 e. The number of nitrogens with two attached hydrogens (primary N) is 1. The molecule has 1 saturated heterocycles. The van der Waals surface area contributed by atoms with Gasteiger partial charge in [0.25, 0.3) is 0 Å². The quantitative estimate of drug-likeness (QED) is 0.848. The van der Waals surface area contributed by atoms with Gasteiger partial charge in [0.1, 0.15) is 0 Å². The summed E-state index contributed by atoms with van der Waals surface area (Å²) in [6, 6.07) is 7.56. The van der Waals surface area contributed by atoms with Crippen molar-refractivity contribution < 1.29 is 9.53 Å². The molecule has 2 atom stereocenters. The summed E-state index contributed by atoms with van der Waals surface area (Å²) in [4.78, 5) is 14.4. The first kappa shape index (κ1) is 13.9. The molecule has 1 fully saturated rings. The van der Waals surface area contributed by atoms with E-state index < -0.39 is 0 Å². The molecule has 1 amide bonds. The van der Waals surface area contributed by atoms with Gasteiger partial charge in [0.15, 0.2) is 0 Å². The summed E-state index contributed by atoms with van der Waals surface area (Å²) >= 11 is 0. The van der Waals surface area contributed by atoms with Crippen molar-refractivity contribution in [2.45, 2.75) is 31.8 Å². The Morgan fingerprint density at radius 1 is 1.53 bits per heavy atom. The molecule has 0 saturated carbocycles. The van der Waals surface area contributed by atoms with Gasteiger partial charge in [-0.3, -0.25) is 4.79 Å². The molecule has 1 heterocycles. The number of carbonyl (C=O) groups excluding carboxylic acids is 1. The molecule has 2 unspecified atom stereocenters. The Bertz CT molecular complexity index is 448. The van der Waals surface area contributed by atoms with E-state index in [0.29, 0.717) is 12.2 Å². The number of benzene rings is 1. The number of likely N-dealkylation sites (tertiary alicyclic amines) is 1. The van der Waals surface area contributed by atoms with Crippen molar-refractivity contribution in [2.75, 3.05) is 25.9 Å². The summed E-state index contributed by atoms with van der Waals surface area (Å²) in [5, 5.41) is 0. The van der Waals surface area contributed by atoms with Gasteiger partial charge in [-0.2, -0.15) is 0 Å². The van der Waals surface area contributed by atoms with Crippen LogP contribution in [0.25, 0.3) is 0 Å². The zero-order valence-electron chi connectivity index (χ0n) is 11.6. The van der Waals surface area contributed by atoms with Crippen molar-refractivity contribution in [2.24, 2.45) is 0 Å². The smallest absolute Gasteiger partial charge is 0.229 e. The third kappa shape index (κ3) is 3.26. The minimum Gasteiger partial charge on any atom is -0.399 e. The Hall–Kier alpha value is -1.55. The first-order chi connectivity index (χ1) is 9.11. The van der Waals surface area contributed by atoms with Crippen LogP contribution < -0.4 is 5.73 Å². The van der Waals surface area contributed by atoms with Crippen LogP contribution in [0.3, 0.4) is 0 Å². The van der Waals surface area contributed by atoms with Crippen LogP contribution >= 0.6 is 0 Å². The number of amides is 1. The van der Waals surface area contributed by atoms with Crippen molar-refractivity contribution >= 4 is 11.6 Å². The predicted molar refractivity (Wildman–Crippen MR) is 75.9 cm³/mol. The van der Waals surface area contributed by atoms with Crippen molar-refractivity contribution in [3.63, 3.8) is 0 Å². The van der Waals surface area contributed by atoms with Crippen LogP contribution in [0.4, 0.5) is 5.69 Å². The zero-order valence-corrected chi connectivity index (χ0v) is 11.6. The fourth-order valence-electron chi connectivity index (χ4n) is 2.58. The van der Waals surface area contributed by atoms with E-state index >= 15 is 0 Å². The van der Waals surface area contributed by atoms with Crippen LogP contribution in [0.5, 0.6) is 0 Å². The van der Waals surface area contributed by atoms with Gasteiger partial charge in [-0.25, -0.2) is 0 Å². The minimum atomic E-state index is -0.154. The molecule has 2 N–H and O–H groups in total. The molecule has 1 aliphatic rings. The fraction of sp³-hybridized carbons (Fsp3) is 0.533. The third-order valence-electron chi connectivity index (χ3n) is 3.80. The number of nitrogen functional groups attached to an aromatic ring is 1. The summed E-state index contributed by atoms with van der Waals surface area (Å²) < 4.78 is 5.36. The molecule has 0 aromatic heterocycles. The van der Waals surface area contributed by atoms with Crippen LogP contribution in [0.1, 0.15) is 31.2 Å². The van der Waals surface area contributed by atoms with Gasteiger partial charge in [-0.05, 0) is 37.5 Å². The second kappa shape index (κ2) is 6.06. The standard InChI is InChI=1S/C15H22N2O2/c1-11(12-5-3-6-13(16)9-12)15(18)17-8-4-7-14(10-17)19-2/h3,5-6,9,11,14H,4,7-8,10,16H2,1-2H3. The van der Waals surface area contributed by atoms with Crippen LogP contribution in [0, 0.1) is 0 Å². The van der Waals surface area contributed by atoms with Crippen LogP contribution in [-0.2, 0) is 9.53 Å². The van der Waals surface area contributed by atoms with Crippen LogP contribution in [0.15, 0.2) is 24.3 Å². The Balaban J connectivity index is 2.06. The molecule has 0 aliphatic carbocycles. The topological polar surface area (TPSA) is 55.6 Å². The molecular weight excluding hydrogens is 240 g/mol. The molecule has 4 nitrogen and oxygen atoms in total. The Morgan fingerprint density at radius 2 is 2.32 bits per heavy atom. The van der Waals surface area contributed by atoms with Gasteiger partial charge in [0.05, 0.1) is 12.0 Å². The lowest BCUT2D eigenvalue weighted by atomic mass is 9.97. The maximum absolute atomic E-state index is 12.5. The van der Waals surface area contributed by atoms with Crippen LogP contribution in [-0.4, -0.2) is 37.1 Å². The van der Waals surface area contributed by atoms with E-state index in [2.05, 4.69) is 0 Å². The Labute approximate surface area is 114 Å². The summed E-state index contributed by atoms with van der Waals surface area (Å²) in [6.07, 6.45) is 2.21. The van der Waals surface area contributed by atoms with E-state index in [0.717, 1.165) is 24.9 Å². The third-order valence-corrected chi connectivity index (χ3v) is 3.80. The van der Waals surface area contributed by atoms with Crippen molar-refractivity contribution in [3.8, 4) is 0 Å². The first-order valence-electron chi connectivity index (χ1n) is 6.79. The first-order valence-corrected chi connectivity index (χ1v) is 6.79. The molecule has 0 radical (unpaired) electrons. The van der Waals surface area contributed by atoms with E-state index in [4.69, 9.17) is 10.5 Å². The van der Waals surface area contributed by atoms with Crippen molar-refractivity contribution in [3.05, 3.63) is 29.8 Å². The number of piperidine rings is 1. The van der Waals surface area contributed by atoms with E-state index in [1.807, 2.05) is 36.1 Å². The fourth-order valence-corrected chi connectivity index (χ4v) is 2.58. The van der Waals surface area contributed by atoms with Crippen molar-refractivity contribution in [1.82, 2.24) is 4.90 Å². The van der Waals surface area contributed by atoms with Gasteiger partial charge < -0.3 is 15.4 Å². The van der Waals surface area contributed by atoms with Gasteiger partial charge in [0, 0.05) is 25.9 Å². The van der Waals surface area contributed by atoms with Gasteiger partial charge in [-0.15, -0.1) is 0 Å². The molecule has 1 aromatic rings. The SMILES string of the molecule is COC1CCCN(C(=O)C(C)c2cccc(N)c2)C1. The normalized spacial score (nSPS) is 21.2.